The van der Waals surface area contributed by atoms with Gasteiger partial charge < -0.3 is 18.7 Å². The first-order chi connectivity index (χ1) is 13.9. The number of aromatic nitrogens is 1. The lowest BCUT2D eigenvalue weighted by molar-refractivity contribution is 0.0467. The number of aryl methyl sites for hydroxylation is 2. The van der Waals surface area contributed by atoms with E-state index in [4.69, 9.17) is 18.7 Å². The second-order valence-electron chi connectivity index (χ2n) is 6.25. The van der Waals surface area contributed by atoms with Crippen LogP contribution >= 0.6 is 0 Å². The smallest absolute Gasteiger partial charge is 0.338 e. The van der Waals surface area contributed by atoms with Crippen molar-refractivity contribution in [2.75, 3.05) is 7.11 Å². The van der Waals surface area contributed by atoms with E-state index in [1.165, 1.54) is 31.4 Å². The zero-order valence-corrected chi connectivity index (χ0v) is 16.1. The van der Waals surface area contributed by atoms with Crippen molar-refractivity contribution < 1.29 is 32.3 Å². The van der Waals surface area contributed by atoms with E-state index in [1.807, 2.05) is 6.92 Å². The Bertz CT molecular complexity index is 1010. The maximum absolute atomic E-state index is 13.7. The van der Waals surface area contributed by atoms with E-state index < -0.39 is 24.2 Å². The largest absolute Gasteiger partial charge is 0.493 e. The summed E-state index contributed by atoms with van der Waals surface area (Å²) >= 11 is 0. The van der Waals surface area contributed by atoms with Crippen LogP contribution in [0.25, 0.3) is 0 Å². The monoisotopic (exact) mass is 403 g/mol. The van der Waals surface area contributed by atoms with Crippen molar-refractivity contribution in [1.82, 2.24) is 5.16 Å². The van der Waals surface area contributed by atoms with E-state index in [0.29, 0.717) is 17.3 Å². The van der Waals surface area contributed by atoms with Crippen LogP contribution in [-0.2, 0) is 18.0 Å². The predicted octanol–water partition coefficient (Wildman–Crippen LogP) is 4.51. The zero-order valence-electron chi connectivity index (χ0n) is 16.1. The molecular formula is C21H19F2NO5. The standard InChI is InChI=1S/C21H19F2NO5/c1-12-16(13(2)29-24-12)11-27-18-8-7-14(9-19(18)26-3)21(25)28-10-15-5-4-6-17(22)20(15)23/h4-9H,10-11H2,1-3H3. The minimum absolute atomic E-state index is 0.0512. The third-order valence-electron chi connectivity index (χ3n) is 4.34. The minimum atomic E-state index is -1.04. The molecule has 0 aliphatic rings. The molecule has 0 N–H and O–H groups in total. The molecule has 1 heterocycles. The van der Waals surface area contributed by atoms with Crippen molar-refractivity contribution in [3.63, 3.8) is 0 Å². The Kier molecular flexibility index (Phi) is 6.11. The van der Waals surface area contributed by atoms with Crippen LogP contribution in [0.1, 0.15) is 32.9 Å². The number of carbonyl (C=O) groups excluding carboxylic acids is 1. The van der Waals surface area contributed by atoms with Crippen LogP contribution in [0.3, 0.4) is 0 Å². The third kappa shape index (κ3) is 4.53. The van der Waals surface area contributed by atoms with E-state index >= 15 is 0 Å². The molecule has 1 aromatic heterocycles. The summed E-state index contributed by atoms with van der Waals surface area (Å²) in [6.07, 6.45) is 0. The van der Waals surface area contributed by atoms with Gasteiger partial charge in [0.1, 0.15) is 19.0 Å². The zero-order chi connectivity index (χ0) is 21.0. The number of nitrogens with zero attached hydrogens (tertiary/aromatic N) is 1. The molecule has 0 saturated heterocycles. The van der Waals surface area contributed by atoms with Crippen LogP contribution in [0.15, 0.2) is 40.9 Å². The van der Waals surface area contributed by atoms with Crippen molar-refractivity contribution in [2.45, 2.75) is 27.1 Å². The molecule has 29 heavy (non-hydrogen) atoms. The molecule has 3 rings (SSSR count). The molecule has 152 valence electrons. The molecule has 0 aliphatic carbocycles. The van der Waals surface area contributed by atoms with Crippen molar-refractivity contribution >= 4 is 5.97 Å². The summed E-state index contributed by atoms with van der Waals surface area (Å²) in [5, 5.41) is 3.87. The van der Waals surface area contributed by atoms with Gasteiger partial charge in [-0.25, -0.2) is 13.6 Å². The Hall–Kier alpha value is -3.42. The molecule has 0 saturated carbocycles. The van der Waals surface area contributed by atoms with Gasteiger partial charge in [0, 0.05) is 5.56 Å². The highest BCUT2D eigenvalue weighted by Crippen LogP contribution is 2.30. The van der Waals surface area contributed by atoms with Gasteiger partial charge in [-0.3, -0.25) is 0 Å². The van der Waals surface area contributed by atoms with E-state index in [2.05, 4.69) is 5.16 Å². The summed E-state index contributed by atoms with van der Waals surface area (Å²) < 4.78 is 48.1. The summed E-state index contributed by atoms with van der Waals surface area (Å²) in [5.74, 6) is -1.35. The fourth-order valence-electron chi connectivity index (χ4n) is 2.66. The molecule has 2 aromatic carbocycles. The lowest BCUT2D eigenvalue weighted by atomic mass is 10.2. The fourth-order valence-corrected chi connectivity index (χ4v) is 2.66. The number of hydrogen-bond acceptors (Lipinski definition) is 6. The molecule has 0 amide bonds. The number of esters is 1. The topological polar surface area (TPSA) is 70.8 Å². The Morgan fingerprint density at radius 2 is 1.90 bits per heavy atom. The second kappa shape index (κ2) is 8.72. The Balaban J connectivity index is 1.69. The van der Waals surface area contributed by atoms with E-state index in [0.717, 1.165) is 17.3 Å². The molecule has 0 radical (unpaired) electrons. The quantitative estimate of drug-likeness (QED) is 0.541. The molecule has 0 fully saturated rings. The average Bonchev–Trinajstić information content (AvgIpc) is 3.04. The maximum Gasteiger partial charge on any atom is 0.338 e. The molecular weight excluding hydrogens is 384 g/mol. The van der Waals surface area contributed by atoms with E-state index in [-0.39, 0.29) is 17.7 Å². The SMILES string of the molecule is COc1cc(C(=O)OCc2cccc(F)c2F)ccc1OCc1c(C)noc1C. The summed E-state index contributed by atoms with van der Waals surface area (Å²) in [7, 11) is 1.44. The number of halogens is 2. The number of ether oxygens (including phenoxy) is 3. The Morgan fingerprint density at radius 3 is 2.59 bits per heavy atom. The number of rotatable bonds is 7. The summed E-state index contributed by atoms with van der Waals surface area (Å²) in [6, 6.07) is 8.19. The minimum Gasteiger partial charge on any atom is -0.493 e. The highest BCUT2D eigenvalue weighted by atomic mass is 19.2. The van der Waals surface area contributed by atoms with Crippen molar-refractivity contribution in [3.8, 4) is 11.5 Å². The van der Waals surface area contributed by atoms with Gasteiger partial charge in [0.2, 0.25) is 0 Å². The summed E-state index contributed by atoms with van der Waals surface area (Å²) in [6.45, 7) is 3.43. The molecule has 8 heteroatoms. The molecule has 6 nitrogen and oxygen atoms in total. The first-order valence-corrected chi connectivity index (χ1v) is 8.73. The summed E-state index contributed by atoms with van der Waals surface area (Å²) in [5.41, 5.74) is 1.69. The van der Waals surface area contributed by atoms with Crippen LogP contribution in [0.5, 0.6) is 11.5 Å². The Labute approximate surface area is 166 Å². The number of carbonyl (C=O) groups is 1. The van der Waals surface area contributed by atoms with Gasteiger partial charge in [0.05, 0.1) is 23.9 Å². The highest BCUT2D eigenvalue weighted by molar-refractivity contribution is 5.90. The van der Waals surface area contributed by atoms with Crippen molar-refractivity contribution in [3.05, 3.63) is 76.2 Å². The molecule has 0 unspecified atom stereocenters. The van der Waals surface area contributed by atoms with Crippen molar-refractivity contribution in [1.29, 1.82) is 0 Å². The average molecular weight is 403 g/mol. The lowest BCUT2D eigenvalue weighted by Gasteiger charge is -2.12. The Morgan fingerprint density at radius 1 is 1.10 bits per heavy atom. The van der Waals surface area contributed by atoms with Crippen LogP contribution in [-0.4, -0.2) is 18.2 Å². The van der Waals surface area contributed by atoms with E-state index in [1.54, 1.807) is 13.0 Å². The molecule has 0 bridgehead atoms. The van der Waals surface area contributed by atoms with Gasteiger partial charge in [-0.1, -0.05) is 17.3 Å². The highest BCUT2D eigenvalue weighted by Gasteiger charge is 2.16. The van der Waals surface area contributed by atoms with Gasteiger partial charge in [0.15, 0.2) is 23.1 Å². The summed E-state index contributed by atoms with van der Waals surface area (Å²) in [4.78, 5) is 12.3. The van der Waals surface area contributed by atoms with Crippen molar-refractivity contribution in [2.24, 2.45) is 0 Å². The first kappa shape index (κ1) is 20.3. The maximum atomic E-state index is 13.7. The van der Waals surface area contributed by atoms with Gasteiger partial charge in [-0.05, 0) is 38.1 Å². The predicted molar refractivity (Wildman–Crippen MR) is 98.8 cm³/mol. The van der Waals surface area contributed by atoms with Crippen LogP contribution in [0.2, 0.25) is 0 Å². The van der Waals surface area contributed by atoms with Gasteiger partial charge in [0.25, 0.3) is 0 Å². The van der Waals surface area contributed by atoms with E-state index in [9.17, 15) is 13.6 Å². The second-order valence-corrected chi connectivity index (χ2v) is 6.25. The normalized spacial score (nSPS) is 10.7. The number of hydrogen-bond donors (Lipinski definition) is 0. The molecule has 0 spiro atoms. The van der Waals surface area contributed by atoms with Gasteiger partial charge >= 0.3 is 5.97 Å². The molecule has 3 aromatic rings. The molecule has 0 aliphatic heterocycles. The van der Waals surface area contributed by atoms with Crippen LogP contribution < -0.4 is 9.47 Å². The van der Waals surface area contributed by atoms with Gasteiger partial charge in [-0.15, -0.1) is 0 Å². The molecule has 0 atom stereocenters. The number of methoxy groups -OCH3 is 1. The van der Waals surface area contributed by atoms with Gasteiger partial charge in [-0.2, -0.15) is 0 Å². The number of benzene rings is 2. The van der Waals surface area contributed by atoms with Crippen LogP contribution in [0, 0.1) is 25.5 Å². The lowest BCUT2D eigenvalue weighted by Crippen LogP contribution is -2.08. The third-order valence-corrected chi connectivity index (χ3v) is 4.34. The first-order valence-electron chi connectivity index (χ1n) is 8.73. The fraction of sp³-hybridized carbons (Fsp3) is 0.238. The van der Waals surface area contributed by atoms with Crippen LogP contribution in [0.4, 0.5) is 8.78 Å².